The van der Waals surface area contributed by atoms with Gasteiger partial charge in [-0.15, -0.1) is 0 Å². The third-order valence-corrected chi connectivity index (χ3v) is 1.29. The van der Waals surface area contributed by atoms with Crippen LogP contribution in [0.25, 0.3) is 0 Å². The van der Waals surface area contributed by atoms with E-state index in [1.807, 2.05) is 6.92 Å². The fourth-order valence-corrected chi connectivity index (χ4v) is 0.482. The highest BCUT2D eigenvalue weighted by atomic mass is 16.6. The molecule has 0 radical (unpaired) electrons. The highest BCUT2D eigenvalue weighted by Gasteiger charge is 1.96. The summed E-state index contributed by atoms with van der Waals surface area (Å²) in [7, 11) is 0. The molecule has 0 aromatic rings. The van der Waals surface area contributed by atoms with Gasteiger partial charge in [-0.2, -0.15) is 0 Å². The number of nitrogens with two attached hydrogens (primary N) is 1. The SMILES string of the molecule is CC(C)O.CCCCOC(O)CC.NCCO. The van der Waals surface area contributed by atoms with Gasteiger partial charge in [-0.05, 0) is 26.7 Å². The van der Waals surface area contributed by atoms with Crippen LogP contribution in [0.3, 0.4) is 0 Å². The van der Waals surface area contributed by atoms with Gasteiger partial charge in [0.2, 0.25) is 0 Å². The molecule has 0 aliphatic carbocycles. The van der Waals surface area contributed by atoms with Crippen LogP contribution in [0.15, 0.2) is 0 Å². The first-order valence-electron chi connectivity index (χ1n) is 6.24. The van der Waals surface area contributed by atoms with Gasteiger partial charge in [0.05, 0.1) is 6.61 Å². The maximum atomic E-state index is 8.86. The molecule has 0 aromatic heterocycles. The Labute approximate surface area is 106 Å². The summed E-state index contributed by atoms with van der Waals surface area (Å²) in [6, 6.07) is 0. The third kappa shape index (κ3) is 49.5. The smallest absolute Gasteiger partial charge is 0.154 e. The molecule has 0 saturated heterocycles. The zero-order valence-corrected chi connectivity index (χ0v) is 11.7. The molecule has 1 unspecified atom stereocenters. The molecule has 17 heavy (non-hydrogen) atoms. The molecule has 1 atom stereocenters. The zero-order valence-electron chi connectivity index (χ0n) is 11.7. The van der Waals surface area contributed by atoms with Crippen molar-refractivity contribution in [3.8, 4) is 0 Å². The Balaban J connectivity index is -0.000000205. The van der Waals surface area contributed by atoms with E-state index in [9.17, 15) is 0 Å². The van der Waals surface area contributed by atoms with Crippen molar-refractivity contribution in [2.75, 3.05) is 19.8 Å². The first-order valence-corrected chi connectivity index (χ1v) is 6.24. The minimum absolute atomic E-state index is 0.0972. The molecule has 5 N–H and O–H groups in total. The first-order chi connectivity index (χ1) is 7.95. The van der Waals surface area contributed by atoms with Gasteiger partial charge in [0, 0.05) is 19.3 Å². The predicted molar refractivity (Wildman–Crippen MR) is 70.7 cm³/mol. The van der Waals surface area contributed by atoms with E-state index in [4.69, 9.17) is 25.8 Å². The molecule has 0 aromatic carbocycles. The van der Waals surface area contributed by atoms with E-state index in [1.54, 1.807) is 13.8 Å². The standard InChI is InChI=1S/C7H16O2.C3H8O.C2H7NO/c1-3-5-6-9-7(8)4-2;1-3(2)4;3-1-2-4/h7-8H,3-6H2,1-2H3;3-4H,1-2H3;4H,1-3H2. The summed E-state index contributed by atoms with van der Waals surface area (Å²) in [5.74, 6) is 0. The van der Waals surface area contributed by atoms with Gasteiger partial charge in [-0.1, -0.05) is 20.3 Å². The van der Waals surface area contributed by atoms with Crippen LogP contribution in [-0.2, 0) is 4.74 Å². The number of aliphatic hydroxyl groups excluding tert-OH is 3. The topological polar surface area (TPSA) is 95.9 Å². The van der Waals surface area contributed by atoms with E-state index in [0.29, 0.717) is 19.6 Å². The molecule has 0 fully saturated rings. The molecule has 0 heterocycles. The van der Waals surface area contributed by atoms with Gasteiger partial charge in [0.25, 0.3) is 0 Å². The fraction of sp³-hybridized carbons (Fsp3) is 1.00. The first kappa shape index (κ1) is 22.0. The number of unbranched alkanes of at least 4 members (excludes halogenated alkanes) is 1. The Morgan fingerprint density at radius 3 is 1.82 bits per heavy atom. The van der Waals surface area contributed by atoms with Crippen LogP contribution in [0, 0.1) is 0 Å². The van der Waals surface area contributed by atoms with E-state index in [-0.39, 0.29) is 12.7 Å². The molecule has 0 rings (SSSR count). The van der Waals surface area contributed by atoms with Crippen molar-refractivity contribution in [3.05, 3.63) is 0 Å². The van der Waals surface area contributed by atoms with Crippen molar-refractivity contribution in [3.63, 3.8) is 0 Å². The monoisotopic (exact) mass is 253 g/mol. The zero-order chi connectivity index (χ0) is 14.1. The quantitative estimate of drug-likeness (QED) is 0.416. The van der Waals surface area contributed by atoms with Crippen molar-refractivity contribution < 1.29 is 20.1 Å². The lowest BCUT2D eigenvalue weighted by atomic mass is 10.4. The Bertz CT molecular complexity index is 108. The predicted octanol–water partition coefficient (Wildman–Crippen LogP) is 0.856. The second-order valence-corrected chi connectivity index (χ2v) is 3.69. The molecule has 5 heteroatoms. The molecule has 0 aliphatic rings. The summed E-state index contributed by atoms with van der Waals surface area (Å²) in [5, 5.41) is 24.7. The van der Waals surface area contributed by atoms with Gasteiger partial charge in [-0.3, -0.25) is 0 Å². The van der Waals surface area contributed by atoms with Crippen molar-refractivity contribution in [1.29, 1.82) is 0 Å². The van der Waals surface area contributed by atoms with Crippen LogP contribution in [0.1, 0.15) is 47.0 Å². The van der Waals surface area contributed by atoms with E-state index < -0.39 is 6.29 Å². The maximum absolute atomic E-state index is 8.86. The molecular weight excluding hydrogens is 222 g/mol. The molecule has 0 saturated carbocycles. The summed E-state index contributed by atoms with van der Waals surface area (Å²) in [5.41, 5.74) is 4.78. The van der Waals surface area contributed by atoms with Gasteiger partial charge >= 0.3 is 0 Å². The Hall–Kier alpha value is -0.200. The normalized spacial score (nSPS) is 11.1. The minimum Gasteiger partial charge on any atom is -0.395 e. The molecule has 0 aliphatic heterocycles. The second kappa shape index (κ2) is 21.1. The van der Waals surface area contributed by atoms with E-state index in [0.717, 1.165) is 12.8 Å². The van der Waals surface area contributed by atoms with Crippen molar-refractivity contribution >= 4 is 0 Å². The van der Waals surface area contributed by atoms with Crippen LogP contribution in [0.4, 0.5) is 0 Å². The van der Waals surface area contributed by atoms with Crippen LogP contribution < -0.4 is 5.73 Å². The highest BCUT2D eigenvalue weighted by molar-refractivity contribution is 4.35. The van der Waals surface area contributed by atoms with Crippen LogP contribution >= 0.6 is 0 Å². The average molecular weight is 253 g/mol. The Kier molecular flexibility index (Phi) is 27.4. The highest BCUT2D eigenvalue weighted by Crippen LogP contribution is 1.95. The lowest BCUT2D eigenvalue weighted by molar-refractivity contribution is -0.101. The number of hydrogen-bond donors (Lipinski definition) is 4. The fourth-order valence-electron chi connectivity index (χ4n) is 0.482. The van der Waals surface area contributed by atoms with Gasteiger partial charge < -0.3 is 25.8 Å². The summed E-state index contributed by atoms with van der Waals surface area (Å²) in [6.45, 7) is 8.60. The summed E-state index contributed by atoms with van der Waals surface area (Å²) in [6.07, 6.45) is 2.13. The number of rotatable bonds is 6. The molecular formula is C12H31NO4. The lowest BCUT2D eigenvalue weighted by Gasteiger charge is -2.07. The van der Waals surface area contributed by atoms with Crippen LogP contribution in [0.2, 0.25) is 0 Å². The summed E-state index contributed by atoms with van der Waals surface area (Å²) < 4.78 is 4.99. The van der Waals surface area contributed by atoms with Gasteiger partial charge in [0.1, 0.15) is 0 Å². The third-order valence-electron chi connectivity index (χ3n) is 1.29. The lowest BCUT2D eigenvalue weighted by Crippen LogP contribution is -2.10. The van der Waals surface area contributed by atoms with Crippen molar-refractivity contribution in [1.82, 2.24) is 0 Å². The Morgan fingerprint density at radius 2 is 1.59 bits per heavy atom. The van der Waals surface area contributed by atoms with Crippen LogP contribution in [0.5, 0.6) is 0 Å². The van der Waals surface area contributed by atoms with Crippen LogP contribution in [-0.4, -0.2) is 47.5 Å². The minimum atomic E-state index is -0.545. The molecule has 5 nitrogen and oxygen atoms in total. The molecule has 0 amide bonds. The number of ether oxygens (including phenoxy) is 1. The van der Waals surface area contributed by atoms with Gasteiger partial charge in [-0.25, -0.2) is 0 Å². The largest absolute Gasteiger partial charge is 0.395 e. The maximum Gasteiger partial charge on any atom is 0.154 e. The molecule has 0 spiro atoms. The molecule has 0 bridgehead atoms. The van der Waals surface area contributed by atoms with Crippen molar-refractivity contribution in [2.45, 2.75) is 59.4 Å². The Morgan fingerprint density at radius 1 is 1.18 bits per heavy atom. The van der Waals surface area contributed by atoms with Gasteiger partial charge in [0.15, 0.2) is 6.29 Å². The number of aliphatic hydroxyl groups is 3. The van der Waals surface area contributed by atoms with Crippen molar-refractivity contribution in [2.24, 2.45) is 5.73 Å². The number of hydrogen-bond acceptors (Lipinski definition) is 5. The summed E-state index contributed by atoms with van der Waals surface area (Å²) in [4.78, 5) is 0. The summed E-state index contributed by atoms with van der Waals surface area (Å²) >= 11 is 0. The second-order valence-electron chi connectivity index (χ2n) is 3.69. The van der Waals surface area contributed by atoms with E-state index in [1.165, 1.54) is 0 Å². The van der Waals surface area contributed by atoms with E-state index in [2.05, 4.69) is 6.92 Å². The average Bonchev–Trinajstić information content (AvgIpc) is 2.29. The molecule has 108 valence electrons. The van der Waals surface area contributed by atoms with E-state index >= 15 is 0 Å².